The Morgan fingerprint density at radius 3 is 2.21 bits per heavy atom. The van der Waals surface area contributed by atoms with E-state index < -0.39 is 8.07 Å². The second-order valence-corrected chi connectivity index (χ2v) is 15.7. The van der Waals surface area contributed by atoms with Crippen molar-refractivity contribution in [3.63, 3.8) is 0 Å². The number of para-hydroxylation sites is 1. The van der Waals surface area contributed by atoms with Gasteiger partial charge in [-0.05, 0) is 34.5 Å². The van der Waals surface area contributed by atoms with Crippen LogP contribution in [-0.4, -0.2) is 12.5 Å². The highest BCUT2D eigenvalue weighted by molar-refractivity contribution is 6.91. The molecule has 0 atom stereocenters. The monoisotopic (exact) mass is 461 g/mol. The topological polar surface area (TPSA) is 8.29 Å². The van der Waals surface area contributed by atoms with Gasteiger partial charge in [0.25, 0.3) is 0 Å². The van der Waals surface area contributed by atoms with Gasteiger partial charge in [0.05, 0.1) is 35.4 Å². The molecule has 4 heteroatoms. The molecule has 34 heavy (non-hydrogen) atoms. The lowest BCUT2D eigenvalue weighted by Crippen LogP contribution is -2.38. The zero-order valence-electron chi connectivity index (χ0n) is 20.1. The van der Waals surface area contributed by atoms with Crippen LogP contribution in [0.25, 0.3) is 59.8 Å². The van der Waals surface area contributed by atoms with Crippen LogP contribution in [0, 0.1) is 12.7 Å². The van der Waals surface area contributed by atoms with E-state index in [9.17, 15) is 0 Å². The summed E-state index contributed by atoms with van der Waals surface area (Å²) in [6.07, 6.45) is 2.13. The number of halogens is 1. The van der Waals surface area contributed by atoms with E-state index in [-0.39, 0.29) is 5.82 Å². The van der Waals surface area contributed by atoms with Gasteiger partial charge in [0, 0.05) is 22.2 Å². The van der Waals surface area contributed by atoms with E-state index in [1.807, 2.05) is 24.3 Å². The van der Waals surface area contributed by atoms with Crippen LogP contribution in [0.4, 0.5) is 4.39 Å². The number of hydrogen-bond donors (Lipinski definition) is 0. The molecule has 0 N–H and O–H groups in total. The predicted molar refractivity (Wildman–Crippen MR) is 145 cm³/mol. The molecule has 0 fully saturated rings. The van der Waals surface area contributed by atoms with Crippen LogP contribution in [0.5, 0.6) is 0 Å². The maximum absolute atomic E-state index is 16.6. The zero-order valence-corrected chi connectivity index (χ0v) is 21.1. The second kappa shape index (κ2) is 6.33. The lowest BCUT2D eigenvalue weighted by atomic mass is 9.95. The number of fused-ring (bicyclic) bond motifs is 7. The van der Waals surface area contributed by atoms with Gasteiger partial charge in [-0.15, -0.1) is 0 Å². The first-order valence-corrected chi connectivity index (χ1v) is 15.4. The molecule has 0 saturated carbocycles. The Morgan fingerprint density at radius 1 is 0.794 bits per heavy atom. The van der Waals surface area contributed by atoms with Gasteiger partial charge >= 0.3 is 0 Å². The maximum atomic E-state index is 16.6. The average molecular weight is 462 g/mol. The third-order valence-corrected chi connectivity index (χ3v) is 9.70. The first kappa shape index (κ1) is 19.9. The third-order valence-electron chi connectivity index (χ3n) is 7.69. The summed E-state index contributed by atoms with van der Waals surface area (Å²) in [5.74, 6) is -0.139. The molecule has 0 saturated heterocycles. The molecule has 0 aliphatic rings. The van der Waals surface area contributed by atoms with Crippen molar-refractivity contribution in [3.8, 4) is 0 Å². The fourth-order valence-electron chi connectivity index (χ4n) is 6.19. The first-order chi connectivity index (χ1) is 16.3. The van der Waals surface area contributed by atoms with E-state index in [1.54, 1.807) is 0 Å². The van der Waals surface area contributed by atoms with Gasteiger partial charge in [-0.2, -0.15) is 0 Å². The minimum Gasteiger partial charge on any atom is -0.305 e. The van der Waals surface area contributed by atoms with Crippen LogP contribution < -0.4 is 9.75 Å². The predicted octanol–water partition coefficient (Wildman–Crippen LogP) is 6.96. The molecule has 0 aliphatic carbocycles. The summed E-state index contributed by atoms with van der Waals surface area (Å²) < 4.78 is 21.0. The number of hydrogen-bond acceptors (Lipinski definition) is 0. The van der Waals surface area contributed by atoms with Crippen LogP contribution in [0.3, 0.4) is 0 Å². The largest absolute Gasteiger partial charge is 0.305 e. The van der Waals surface area contributed by atoms with Crippen LogP contribution in [0.15, 0.2) is 66.9 Å². The highest BCUT2D eigenvalue weighted by Gasteiger charge is 2.31. The van der Waals surface area contributed by atoms with Gasteiger partial charge < -0.3 is 4.40 Å². The summed E-state index contributed by atoms with van der Waals surface area (Å²) in [5.41, 5.74) is 5.16. The minimum absolute atomic E-state index is 0.139. The number of aromatic nitrogens is 2. The molecule has 0 amide bonds. The fraction of sp³-hybridized carbons (Fsp3) is 0.167. The smallest absolute Gasteiger partial charge is 0.224 e. The zero-order chi connectivity index (χ0) is 23.5. The lowest BCUT2D eigenvalue weighted by Gasteiger charge is -2.21. The molecule has 4 aromatic carbocycles. The van der Waals surface area contributed by atoms with E-state index in [4.69, 9.17) is 0 Å². The molecular weight excluding hydrogens is 435 g/mol. The molecular formula is C30H26FN2Si+. The van der Waals surface area contributed by atoms with Crippen molar-refractivity contribution in [1.82, 2.24) is 4.40 Å². The van der Waals surface area contributed by atoms with Crippen molar-refractivity contribution >= 4 is 73.0 Å². The molecule has 7 aromatic rings. The molecule has 2 nitrogen and oxygen atoms in total. The van der Waals surface area contributed by atoms with Crippen molar-refractivity contribution in [2.75, 3.05) is 0 Å². The molecule has 0 radical (unpaired) electrons. The fourth-order valence-corrected chi connectivity index (χ4v) is 7.78. The third kappa shape index (κ3) is 2.27. The van der Waals surface area contributed by atoms with Gasteiger partial charge in [-0.25, -0.2) is 8.96 Å². The summed E-state index contributed by atoms with van der Waals surface area (Å²) in [6, 6.07) is 21.1. The summed E-state index contributed by atoms with van der Waals surface area (Å²) in [7, 11) is 0.386. The van der Waals surface area contributed by atoms with Gasteiger partial charge in [0.2, 0.25) is 5.52 Å². The average Bonchev–Trinajstić information content (AvgIpc) is 3.17. The Balaban J connectivity index is 1.99. The van der Waals surface area contributed by atoms with Crippen LogP contribution in [-0.2, 0) is 7.05 Å². The molecule has 3 aromatic heterocycles. The highest BCUT2D eigenvalue weighted by atomic mass is 28.3. The normalized spacial score (nSPS) is 13.0. The Morgan fingerprint density at radius 2 is 1.47 bits per heavy atom. The van der Waals surface area contributed by atoms with Crippen molar-refractivity contribution in [2.24, 2.45) is 7.05 Å². The number of nitrogens with zero attached hydrogens (tertiary/aromatic N) is 2. The summed E-state index contributed by atoms with van der Waals surface area (Å²) in [6.45, 7) is 9.36. The Labute approximate surface area is 198 Å². The summed E-state index contributed by atoms with van der Waals surface area (Å²) in [5, 5.41) is 9.07. The van der Waals surface area contributed by atoms with E-state index >= 15 is 4.39 Å². The molecule has 0 aliphatic heterocycles. The summed E-state index contributed by atoms with van der Waals surface area (Å²) in [4.78, 5) is 0. The van der Waals surface area contributed by atoms with Crippen molar-refractivity contribution in [1.29, 1.82) is 0 Å². The molecule has 166 valence electrons. The lowest BCUT2D eigenvalue weighted by molar-refractivity contribution is -0.643. The Kier molecular flexibility index (Phi) is 3.71. The minimum atomic E-state index is -1.70. The van der Waals surface area contributed by atoms with Gasteiger partial charge in [-0.3, -0.25) is 0 Å². The Bertz CT molecular complexity index is 1970. The van der Waals surface area contributed by atoms with E-state index in [0.717, 1.165) is 32.9 Å². The summed E-state index contributed by atoms with van der Waals surface area (Å²) >= 11 is 0. The van der Waals surface area contributed by atoms with Crippen molar-refractivity contribution in [3.05, 3.63) is 78.2 Å². The van der Waals surface area contributed by atoms with Gasteiger partial charge in [-0.1, -0.05) is 68.2 Å². The molecule has 3 heterocycles. The Hall–Kier alpha value is -3.50. The molecule has 0 bridgehead atoms. The van der Waals surface area contributed by atoms with Crippen molar-refractivity contribution in [2.45, 2.75) is 26.6 Å². The standard InChI is InChI=1S/C30H26FN2Si/c1-17-19-10-6-7-11-20(19)27(31)30-24(17)28-25-18(14-15-32(28)2)16-23(34(3,4)5)26-21-12-8-9-13-22(21)33(30)29(25)26/h6-16H,1-5H3/q+1. The van der Waals surface area contributed by atoms with Crippen LogP contribution >= 0.6 is 0 Å². The van der Waals surface area contributed by atoms with E-state index in [1.165, 1.54) is 26.7 Å². The van der Waals surface area contributed by atoms with Crippen molar-refractivity contribution < 1.29 is 8.96 Å². The first-order valence-electron chi connectivity index (χ1n) is 11.9. The van der Waals surface area contributed by atoms with E-state index in [2.05, 4.69) is 85.2 Å². The van der Waals surface area contributed by atoms with Crippen LogP contribution in [0.1, 0.15) is 5.56 Å². The molecule has 0 unspecified atom stereocenters. The maximum Gasteiger partial charge on any atom is 0.224 e. The second-order valence-electron chi connectivity index (χ2n) is 10.7. The number of rotatable bonds is 1. The highest BCUT2D eigenvalue weighted by Crippen LogP contribution is 2.43. The number of benzene rings is 4. The number of pyridine rings is 2. The van der Waals surface area contributed by atoms with E-state index in [0.29, 0.717) is 10.9 Å². The SMILES string of the molecule is Cc1c2ccccc2c(F)c2c1c1c3c(cc[n+]1C)cc([Si](C)(C)C)c1c4ccccc4n2c13. The molecule has 7 rings (SSSR count). The quantitative estimate of drug-likeness (QED) is 0.108. The van der Waals surface area contributed by atoms with Gasteiger partial charge in [0.1, 0.15) is 7.05 Å². The van der Waals surface area contributed by atoms with Gasteiger partial charge in [0.15, 0.2) is 12.0 Å². The van der Waals surface area contributed by atoms with Crippen LogP contribution in [0.2, 0.25) is 19.6 Å². The molecule has 0 spiro atoms. The number of aryl methyl sites for hydroxylation is 2.